The molecule has 0 aliphatic carbocycles. The minimum atomic E-state index is -0.575. The molecule has 1 amide bonds. The average molecular weight is 547 g/mol. The number of Topliss-reactive ketones (excluding diaryl/α,β-unsaturated/α-hetero) is 1. The summed E-state index contributed by atoms with van der Waals surface area (Å²) in [5.74, 6) is 1.65. The summed E-state index contributed by atoms with van der Waals surface area (Å²) in [7, 11) is 0. The van der Waals surface area contributed by atoms with Crippen molar-refractivity contribution in [2.75, 3.05) is 31.5 Å². The van der Waals surface area contributed by atoms with E-state index >= 15 is 0 Å². The molecule has 1 fully saturated rings. The van der Waals surface area contributed by atoms with Gasteiger partial charge in [-0.1, -0.05) is 18.2 Å². The van der Waals surface area contributed by atoms with Crippen LogP contribution in [0.25, 0.3) is 0 Å². The van der Waals surface area contributed by atoms with Crippen LogP contribution in [0.15, 0.2) is 53.4 Å². The van der Waals surface area contributed by atoms with Crippen LogP contribution in [0.4, 0.5) is 5.69 Å². The second-order valence-electron chi connectivity index (χ2n) is 10.9. The monoisotopic (exact) mass is 546 g/mol. The predicted octanol–water partition coefficient (Wildman–Crippen LogP) is 3.98. The van der Waals surface area contributed by atoms with Crippen molar-refractivity contribution in [3.05, 3.63) is 77.0 Å². The number of nitrogens with one attached hydrogen (secondary N) is 1. The van der Waals surface area contributed by atoms with Crippen LogP contribution in [-0.4, -0.2) is 69.9 Å². The summed E-state index contributed by atoms with van der Waals surface area (Å²) in [6.45, 7) is 7.60. The Hall–Kier alpha value is -3.69. The first-order valence-electron chi connectivity index (χ1n) is 14.0. The molecule has 3 aromatic rings. The van der Waals surface area contributed by atoms with Crippen LogP contribution in [0.1, 0.15) is 59.0 Å². The van der Waals surface area contributed by atoms with Crippen molar-refractivity contribution >= 4 is 17.4 Å². The Kier molecular flexibility index (Phi) is 8.81. The number of β-amino-alcohol motifs (C(OH)–C–C–N with tert-alkyl or cyclic N) is 1. The van der Waals surface area contributed by atoms with Crippen LogP contribution in [-0.2, 0) is 24.4 Å². The fourth-order valence-electron chi connectivity index (χ4n) is 5.67. The number of hydrogen-bond donors (Lipinski definition) is 2. The summed E-state index contributed by atoms with van der Waals surface area (Å²) < 4.78 is 11.2. The SMILES string of the molecule is CC(=O)N1CCC(Nc2cccc(C(=O)CC[C@H](O)CN3CCc4c(ccc(OCc5cnco5)c4C)C3)c2)C1. The number of ether oxygens (including phenoxy) is 1. The smallest absolute Gasteiger partial charge is 0.219 e. The average Bonchev–Trinajstić information content (AvgIpc) is 3.64. The van der Waals surface area contributed by atoms with Gasteiger partial charge in [-0.25, -0.2) is 4.98 Å². The summed E-state index contributed by atoms with van der Waals surface area (Å²) in [4.78, 5) is 32.5. The van der Waals surface area contributed by atoms with E-state index in [9.17, 15) is 14.7 Å². The first kappa shape index (κ1) is 27.9. The number of carbonyl (C=O) groups excluding carboxylic acids is 2. The zero-order valence-electron chi connectivity index (χ0n) is 23.3. The molecule has 0 radical (unpaired) electrons. The van der Waals surface area contributed by atoms with Gasteiger partial charge in [0.2, 0.25) is 5.91 Å². The number of fused-ring (bicyclic) bond motifs is 1. The minimum Gasteiger partial charge on any atom is -0.485 e. The highest BCUT2D eigenvalue weighted by atomic mass is 16.5. The molecule has 0 bridgehead atoms. The van der Waals surface area contributed by atoms with Gasteiger partial charge >= 0.3 is 0 Å². The van der Waals surface area contributed by atoms with Gasteiger partial charge in [-0.15, -0.1) is 0 Å². The molecule has 9 nitrogen and oxygen atoms in total. The maximum atomic E-state index is 12.9. The third-order valence-electron chi connectivity index (χ3n) is 7.93. The lowest BCUT2D eigenvalue weighted by Crippen LogP contribution is -2.37. The first-order valence-corrected chi connectivity index (χ1v) is 14.0. The maximum Gasteiger partial charge on any atom is 0.219 e. The van der Waals surface area contributed by atoms with Gasteiger partial charge in [-0.05, 0) is 61.1 Å². The second kappa shape index (κ2) is 12.7. The van der Waals surface area contributed by atoms with Crippen LogP contribution in [0, 0.1) is 6.92 Å². The van der Waals surface area contributed by atoms with Crippen molar-refractivity contribution in [3.8, 4) is 5.75 Å². The van der Waals surface area contributed by atoms with Crippen molar-refractivity contribution in [2.24, 2.45) is 0 Å². The summed E-state index contributed by atoms with van der Waals surface area (Å²) in [6.07, 6.45) is 4.97. The highest BCUT2D eigenvalue weighted by Gasteiger charge is 2.25. The van der Waals surface area contributed by atoms with Gasteiger partial charge in [0.25, 0.3) is 0 Å². The van der Waals surface area contributed by atoms with Crippen molar-refractivity contribution in [2.45, 2.75) is 64.8 Å². The minimum absolute atomic E-state index is 0.0250. The van der Waals surface area contributed by atoms with E-state index in [-0.39, 0.29) is 17.7 Å². The number of benzene rings is 2. The van der Waals surface area contributed by atoms with Gasteiger partial charge in [-0.2, -0.15) is 0 Å². The Balaban J connectivity index is 1.08. The molecule has 212 valence electrons. The maximum absolute atomic E-state index is 12.9. The molecule has 1 unspecified atom stereocenters. The molecule has 5 rings (SSSR count). The first-order chi connectivity index (χ1) is 19.4. The molecule has 2 aromatic carbocycles. The van der Waals surface area contributed by atoms with Crippen LogP contribution in [0.2, 0.25) is 0 Å². The molecular weight excluding hydrogens is 508 g/mol. The van der Waals surface area contributed by atoms with Crippen molar-refractivity contribution in [1.82, 2.24) is 14.8 Å². The van der Waals surface area contributed by atoms with E-state index in [4.69, 9.17) is 9.15 Å². The fourth-order valence-corrected chi connectivity index (χ4v) is 5.67. The van der Waals surface area contributed by atoms with Crippen molar-refractivity contribution < 1.29 is 23.8 Å². The molecule has 40 heavy (non-hydrogen) atoms. The van der Waals surface area contributed by atoms with E-state index in [1.165, 1.54) is 17.5 Å². The zero-order chi connectivity index (χ0) is 28.1. The lowest BCUT2D eigenvalue weighted by Gasteiger charge is -2.31. The highest BCUT2D eigenvalue weighted by Crippen LogP contribution is 2.30. The van der Waals surface area contributed by atoms with E-state index < -0.39 is 6.10 Å². The topological polar surface area (TPSA) is 108 Å². The molecule has 2 aliphatic rings. The van der Waals surface area contributed by atoms with E-state index in [0.717, 1.165) is 49.5 Å². The number of anilines is 1. The molecule has 2 N–H and O–H groups in total. The number of oxazole rings is 1. The number of likely N-dealkylation sites (tertiary alicyclic amines) is 1. The molecule has 9 heteroatoms. The lowest BCUT2D eigenvalue weighted by atomic mass is 9.94. The fraction of sp³-hybridized carbons (Fsp3) is 0.452. The van der Waals surface area contributed by atoms with Gasteiger partial charge in [0.1, 0.15) is 12.4 Å². The number of ketones is 1. The quantitative estimate of drug-likeness (QED) is 0.348. The predicted molar refractivity (Wildman–Crippen MR) is 151 cm³/mol. The lowest BCUT2D eigenvalue weighted by molar-refractivity contribution is -0.127. The third kappa shape index (κ3) is 6.89. The van der Waals surface area contributed by atoms with Crippen LogP contribution in [0.3, 0.4) is 0 Å². The number of aliphatic hydroxyl groups excluding tert-OH is 1. The number of amides is 1. The molecule has 0 saturated carbocycles. The summed E-state index contributed by atoms with van der Waals surface area (Å²) in [5, 5.41) is 14.2. The zero-order valence-corrected chi connectivity index (χ0v) is 23.3. The Bertz CT molecular complexity index is 1330. The highest BCUT2D eigenvalue weighted by molar-refractivity contribution is 5.96. The number of aromatic nitrogens is 1. The molecule has 1 saturated heterocycles. The number of rotatable bonds is 11. The van der Waals surface area contributed by atoms with Crippen LogP contribution in [0.5, 0.6) is 5.75 Å². The third-order valence-corrected chi connectivity index (χ3v) is 7.93. The number of nitrogens with zero attached hydrogens (tertiary/aromatic N) is 3. The number of aliphatic hydroxyl groups is 1. The van der Waals surface area contributed by atoms with Crippen molar-refractivity contribution in [1.29, 1.82) is 0 Å². The van der Waals surface area contributed by atoms with E-state index in [0.29, 0.717) is 43.9 Å². The Morgan fingerprint density at radius 1 is 1.25 bits per heavy atom. The van der Waals surface area contributed by atoms with Crippen LogP contribution < -0.4 is 10.1 Å². The van der Waals surface area contributed by atoms with Gasteiger partial charge in [-0.3, -0.25) is 14.5 Å². The van der Waals surface area contributed by atoms with Gasteiger partial charge < -0.3 is 24.5 Å². The Morgan fingerprint density at radius 3 is 2.90 bits per heavy atom. The second-order valence-corrected chi connectivity index (χ2v) is 10.9. The normalized spacial score (nSPS) is 17.9. The van der Waals surface area contributed by atoms with E-state index in [1.807, 2.05) is 35.2 Å². The molecule has 1 aromatic heterocycles. The number of carbonyl (C=O) groups is 2. The summed E-state index contributed by atoms with van der Waals surface area (Å²) in [5.41, 5.74) is 5.22. The summed E-state index contributed by atoms with van der Waals surface area (Å²) in [6, 6.07) is 11.8. The molecule has 2 atom stereocenters. The molecule has 3 heterocycles. The Labute approximate surface area is 235 Å². The van der Waals surface area contributed by atoms with Gasteiger partial charge in [0.15, 0.2) is 17.9 Å². The largest absolute Gasteiger partial charge is 0.485 e. The van der Waals surface area contributed by atoms with Crippen LogP contribution >= 0.6 is 0 Å². The molecule has 0 spiro atoms. The molecular formula is C31H38N4O5. The van der Waals surface area contributed by atoms with Gasteiger partial charge in [0.05, 0.1) is 12.3 Å². The standard InChI is InChI=1S/C31H38N4O5/c1-21-29-11-12-34(16-24(29)6-9-31(21)39-19-28-15-32-20-40-28)18-27(37)7-8-30(38)23-4-3-5-25(14-23)33-26-10-13-35(17-26)22(2)36/h3-6,9,14-15,20,26-27,33,37H,7-8,10-13,16-19H2,1-2H3/t26?,27-/m0/s1. The summed E-state index contributed by atoms with van der Waals surface area (Å²) >= 11 is 0. The van der Waals surface area contributed by atoms with Crippen molar-refractivity contribution in [3.63, 3.8) is 0 Å². The van der Waals surface area contributed by atoms with E-state index in [2.05, 4.69) is 28.2 Å². The van der Waals surface area contributed by atoms with Gasteiger partial charge in [0, 0.05) is 63.4 Å². The molecule has 2 aliphatic heterocycles. The number of hydrogen-bond acceptors (Lipinski definition) is 8. The Morgan fingerprint density at radius 2 is 2.12 bits per heavy atom. The van der Waals surface area contributed by atoms with E-state index in [1.54, 1.807) is 13.1 Å².